The van der Waals surface area contributed by atoms with Gasteiger partial charge in [0.2, 0.25) is 11.8 Å². The Morgan fingerprint density at radius 2 is 1.54 bits per heavy atom. The van der Waals surface area contributed by atoms with E-state index in [4.69, 9.17) is 4.42 Å². The van der Waals surface area contributed by atoms with E-state index in [1.54, 1.807) is 0 Å². The molecule has 4 aromatic rings. The zero-order chi connectivity index (χ0) is 24.8. The highest BCUT2D eigenvalue weighted by Gasteiger charge is 2.16. The van der Waals surface area contributed by atoms with Gasteiger partial charge in [-0.1, -0.05) is 99.2 Å². The molecule has 0 unspecified atom stereocenters. The Hall–Kier alpha value is -3.72. The minimum Gasteiger partial charge on any atom is -0.416 e. The highest BCUT2D eigenvalue weighted by molar-refractivity contribution is 5.71. The summed E-state index contributed by atoms with van der Waals surface area (Å²) < 4.78 is 6.12. The summed E-state index contributed by atoms with van der Waals surface area (Å²) in [7, 11) is 0. The first kappa shape index (κ1) is 24.4. The highest BCUT2D eigenvalue weighted by Crippen LogP contribution is 2.30. The fourth-order valence-corrected chi connectivity index (χ4v) is 4.01. The van der Waals surface area contributed by atoms with E-state index >= 15 is 0 Å². The third kappa shape index (κ3) is 6.24. The maximum Gasteiger partial charge on any atom is 0.248 e. The summed E-state index contributed by atoms with van der Waals surface area (Å²) in [6.45, 7) is 10.7. The molecule has 1 aromatic heterocycles. The van der Waals surface area contributed by atoms with Crippen molar-refractivity contribution in [3.05, 3.63) is 107 Å². The first-order valence-corrected chi connectivity index (χ1v) is 12.3. The van der Waals surface area contributed by atoms with Gasteiger partial charge in [0.15, 0.2) is 0 Å². The lowest BCUT2D eigenvalue weighted by Crippen LogP contribution is -2.10. The SMILES string of the molecule is C/C=C/c1ccc(CC/C=C/c2ccc(C)cc2-c2nnc(-c3ccc(C(C)(C)C)cc3)o2)cc1. The quantitative estimate of drug-likeness (QED) is 0.276. The van der Waals surface area contributed by atoms with Crippen molar-refractivity contribution in [3.8, 4) is 22.9 Å². The van der Waals surface area contributed by atoms with Crippen molar-refractivity contribution in [2.75, 3.05) is 0 Å². The van der Waals surface area contributed by atoms with Crippen LogP contribution in [0, 0.1) is 6.92 Å². The molecule has 0 saturated heterocycles. The molecular weight excluding hydrogens is 428 g/mol. The van der Waals surface area contributed by atoms with E-state index in [2.05, 4.69) is 129 Å². The van der Waals surface area contributed by atoms with Gasteiger partial charge in [0, 0.05) is 11.1 Å². The van der Waals surface area contributed by atoms with Gasteiger partial charge < -0.3 is 4.42 Å². The monoisotopic (exact) mass is 462 g/mol. The maximum atomic E-state index is 6.12. The molecule has 0 amide bonds. The summed E-state index contributed by atoms with van der Waals surface area (Å²) in [6.07, 6.45) is 10.5. The molecule has 0 aliphatic rings. The Morgan fingerprint density at radius 3 is 2.23 bits per heavy atom. The molecule has 0 bridgehead atoms. The van der Waals surface area contributed by atoms with Gasteiger partial charge in [0.05, 0.1) is 0 Å². The molecule has 35 heavy (non-hydrogen) atoms. The molecule has 178 valence electrons. The summed E-state index contributed by atoms with van der Waals surface area (Å²) in [5.74, 6) is 1.08. The van der Waals surface area contributed by atoms with Crippen LogP contribution in [0.5, 0.6) is 0 Å². The maximum absolute atomic E-state index is 6.12. The van der Waals surface area contributed by atoms with E-state index in [0.29, 0.717) is 11.8 Å². The van der Waals surface area contributed by atoms with Gasteiger partial charge in [0.1, 0.15) is 0 Å². The third-order valence-electron chi connectivity index (χ3n) is 6.10. The molecule has 1 heterocycles. The summed E-state index contributed by atoms with van der Waals surface area (Å²) in [4.78, 5) is 0. The molecule has 3 heteroatoms. The fourth-order valence-electron chi connectivity index (χ4n) is 4.01. The van der Waals surface area contributed by atoms with Gasteiger partial charge in [0.25, 0.3) is 0 Å². The van der Waals surface area contributed by atoms with Gasteiger partial charge in [-0.05, 0) is 72.6 Å². The summed E-state index contributed by atoms with van der Waals surface area (Å²) in [6, 6.07) is 23.5. The van der Waals surface area contributed by atoms with Gasteiger partial charge in [-0.3, -0.25) is 0 Å². The first-order chi connectivity index (χ1) is 16.8. The minimum absolute atomic E-state index is 0.108. The predicted octanol–water partition coefficient (Wildman–Crippen LogP) is 8.69. The number of benzene rings is 3. The van der Waals surface area contributed by atoms with Crippen LogP contribution in [0.3, 0.4) is 0 Å². The van der Waals surface area contributed by atoms with Crippen LogP contribution in [0.4, 0.5) is 0 Å². The Bertz CT molecular complexity index is 1320. The number of aryl methyl sites for hydroxylation is 2. The molecule has 0 radical (unpaired) electrons. The van der Waals surface area contributed by atoms with Crippen molar-refractivity contribution < 1.29 is 4.42 Å². The van der Waals surface area contributed by atoms with Crippen molar-refractivity contribution in [1.29, 1.82) is 0 Å². The van der Waals surface area contributed by atoms with Crippen molar-refractivity contribution >= 4 is 12.2 Å². The van der Waals surface area contributed by atoms with Crippen LogP contribution in [-0.4, -0.2) is 10.2 Å². The molecule has 0 aliphatic heterocycles. The lowest BCUT2D eigenvalue weighted by molar-refractivity contribution is 0.582. The van der Waals surface area contributed by atoms with Gasteiger partial charge >= 0.3 is 0 Å². The van der Waals surface area contributed by atoms with Crippen LogP contribution in [0.15, 0.2) is 83.3 Å². The molecular formula is C32H34N2O. The number of hydrogen-bond acceptors (Lipinski definition) is 3. The van der Waals surface area contributed by atoms with Gasteiger partial charge in [-0.25, -0.2) is 0 Å². The number of nitrogens with zero attached hydrogens (tertiary/aromatic N) is 2. The predicted molar refractivity (Wildman–Crippen MR) is 147 cm³/mol. The van der Waals surface area contributed by atoms with E-state index in [-0.39, 0.29) is 5.41 Å². The fraction of sp³-hybridized carbons (Fsp3) is 0.250. The summed E-state index contributed by atoms with van der Waals surface area (Å²) >= 11 is 0. The molecule has 0 fully saturated rings. The van der Waals surface area contributed by atoms with Crippen LogP contribution in [0.2, 0.25) is 0 Å². The minimum atomic E-state index is 0.108. The summed E-state index contributed by atoms with van der Waals surface area (Å²) in [5, 5.41) is 8.72. The Morgan fingerprint density at radius 1 is 0.829 bits per heavy atom. The molecule has 0 saturated carbocycles. The second-order valence-electron chi connectivity index (χ2n) is 10.0. The van der Waals surface area contributed by atoms with Crippen molar-refractivity contribution in [2.45, 2.75) is 52.9 Å². The number of allylic oxidation sites excluding steroid dienone is 2. The van der Waals surface area contributed by atoms with E-state index in [0.717, 1.165) is 35.1 Å². The molecule has 3 nitrogen and oxygen atoms in total. The lowest BCUT2D eigenvalue weighted by Gasteiger charge is -2.18. The number of rotatable bonds is 7. The Kier molecular flexibility index (Phi) is 7.45. The standard InChI is InChI=1S/C32H34N2O/c1-6-9-24-13-15-25(16-14-24)10-7-8-11-26-17-12-23(2)22-29(26)31-34-33-30(35-31)27-18-20-28(21-19-27)32(3,4)5/h6,8-9,11-22H,7,10H2,1-5H3/b9-6+,11-8+. The molecule has 3 aromatic carbocycles. The molecule has 0 spiro atoms. The first-order valence-electron chi connectivity index (χ1n) is 12.3. The lowest BCUT2D eigenvalue weighted by atomic mass is 9.87. The molecule has 0 aliphatic carbocycles. The zero-order valence-corrected chi connectivity index (χ0v) is 21.4. The van der Waals surface area contributed by atoms with Crippen LogP contribution >= 0.6 is 0 Å². The Balaban J connectivity index is 1.49. The van der Waals surface area contributed by atoms with Crippen molar-refractivity contribution in [2.24, 2.45) is 0 Å². The molecule has 0 atom stereocenters. The van der Waals surface area contributed by atoms with Crippen molar-refractivity contribution in [3.63, 3.8) is 0 Å². The van der Waals surface area contributed by atoms with E-state index in [9.17, 15) is 0 Å². The average Bonchev–Trinajstić information content (AvgIpc) is 3.33. The molecule has 0 N–H and O–H groups in total. The highest BCUT2D eigenvalue weighted by atomic mass is 16.4. The van der Waals surface area contributed by atoms with Gasteiger partial charge in [-0.2, -0.15) is 0 Å². The smallest absolute Gasteiger partial charge is 0.248 e. The second kappa shape index (κ2) is 10.7. The van der Waals surface area contributed by atoms with Crippen molar-refractivity contribution in [1.82, 2.24) is 10.2 Å². The normalized spacial score (nSPS) is 12.1. The van der Waals surface area contributed by atoms with E-state index < -0.39 is 0 Å². The zero-order valence-electron chi connectivity index (χ0n) is 21.4. The van der Waals surface area contributed by atoms with E-state index in [1.807, 2.05) is 6.92 Å². The van der Waals surface area contributed by atoms with Crippen LogP contribution in [0.1, 0.15) is 61.9 Å². The van der Waals surface area contributed by atoms with Crippen LogP contribution in [0.25, 0.3) is 35.1 Å². The second-order valence-corrected chi connectivity index (χ2v) is 10.0. The average molecular weight is 463 g/mol. The Labute approximate surface area is 209 Å². The number of aromatic nitrogens is 2. The molecule has 4 rings (SSSR count). The van der Waals surface area contributed by atoms with Gasteiger partial charge in [-0.15, -0.1) is 10.2 Å². The third-order valence-corrected chi connectivity index (χ3v) is 6.10. The topological polar surface area (TPSA) is 38.9 Å². The van der Waals surface area contributed by atoms with Crippen LogP contribution < -0.4 is 0 Å². The largest absolute Gasteiger partial charge is 0.416 e. The van der Waals surface area contributed by atoms with E-state index in [1.165, 1.54) is 16.7 Å². The number of hydrogen-bond donors (Lipinski definition) is 0. The van der Waals surface area contributed by atoms with Crippen LogP contribution in [-0.2, 0) is 11.8 Å². The summed E-state index contributed by atoms with van der Waals surface area (Å²) in [5.41, 5.74) is 8.10.